The number of ether oxygens (including phenoxy) is 2. The van der Waals surface area contributed by atoms with Gasteiger partial charge >= 0.3 is 11.9 Å². The fourth-order valence-corrected chi connectivity index (χ4v) is 4.20. The second kappa shape index (κ2) is 7.33. The zero-order chi connectivity index (χ0) is 18.7. The lowest BCUT2D eigenvalue weighted by Gasteiger charge is -2.08. The lowest BCUT2D eigenvalue weighted by molar-refractivity contribution is -0.145. The maximum Gasteiger partial charge on any atom is 0.374 e. The predicted molar refractivity (Wildman–Crippen MR) is 93.0 cm³/mol. The SMILES string of the molecule is CCOC(=O)c1oc2ccccc2c1COC(=O)C[C@H]1C=CS(=O)(=O)C1. The second-order valence-electron chi connectivity index (χ2n) is 5.91. The maximum absolute atomic E-state index is 12.1. The topological polar surface area (TPSA) is 99.9 Å². The van der Waals surface area contributed by atoms with Crippen molar-refractivity contribution in [2.24, 2.45) is 5.92 Å². The summed E-state index contributed by atoms with van der Waals surface area (Å²) in [5.41, 5.74) is 0.924. The summed E-state index contributed by atoms with van der Waals surface area (Å²) < 4.78 is 38.6. The highest BCUT2D eigenvalue weighted by atomic mass is 32.2. The fraction of sp³-hybridized carbons (Fsp3) is 0.333. The first-order valence-electron chi connectivity index (χ1n) is 8.13. The average molecular weight is 378 g/mol. The number of hydrogen-bond acceptors (Lipinski definition) is 7. The van der Waals surface area contributed by atoms with Gasteiger partial charge in [-0.25, -0.2) is 13.2 Å². The molecule has 0 spiro atoms. The van der Waals surface area contributed by atoms with E-state index in [1.807, 2.05) is 0 Å². The molecule has 0 fully saturated rings. The van der Waals surface area contributed by atoms with Gasteiger partial charge in [0.2, 0.25) is 5.76 Å². The Bertz CT molecular complexity index is 969. The average Bonchev–Trinajstić information content (AvgIpc) is 3.13. The molecular formula is C18H18O7S. The molecule has 2 aromatic rings. The first-order chi connectivity index (χ1) is 12.4. The molecule has 8 heteroatoms. The predicted octanol–water partition coefficient (Wildman–Crippen LogP) is 2.60. The normalized spacial score (nSPS) is 18.1. The van der Waals surface area contributed by atoms with Crippen LogP contribution in [0.4, 0.5) is 0 Å². The van der Waals surface area contributed by atoms with E-state index in [-0.39, 0.29) is 31.1 Å². The first-order valence-corrected chi connectivity index (χ1v) is 9.85. The molecule has 26 heavy (non-hydrogen) atoms. The van der Waals surface area contributed by atoms with Gasteiger partial charge in [0.1, 0.15) is 12.2 Å². The second-order valence-corrected chi connectivity index (χ2v) is 7.84. The molecule has 7 nitrogen and oxygen atoms in total. The Labute approximate surface area is 150 Å². The minimum atomic E-state index is -3.22. The number of furan rings is 1. The van der Waals surface area contributed by atoms with Crippen LogP contribution >= 0.6 is 0 Å². The summed E-state index contributed by atoms with van der Waals surface area (Å²) in [6.07, 6.45) is 1.45. The van der Waals surface area contributed by atoms with Gasteiger partial charge in [-0.1, -0.05) is 24.3 Å². The van der Waals surface area contributed by atoms with Crippen LogP contribution in [-0.4, -0.2) is 32.7 Å². The summed E-state index contributed by atoms with van der Waals surface area (Å²) in [5.74, 6) is -1.65. The molecule has 3 rings (SSSR count). The standard InChI is InChI=1S/C18H18O7S/c1-2-23-18(20)17-14(13-5-3-4-6-15(13)25-17)10-24-16(19)9-12-7-8-26(21,22)11-12/h3-8,12H,2,9-11H2,1H3/t12-/m1/s1. The van der Waals surface area contributed by atoms with Crippen LogP contribution in [0.25, 0.3) is 11.0 Å². The molecule has 0 N–H and O–H groups in total. The van der Waals surface area contributed by atoms with Gasteiger partial charge in [-0.2, -0.15) is 0 Å². The van der Waals surface area contributed by atoms with Crippen molar-refractivity contribution in [3.63, 3.8) is 0 Å². The Morgan fingerprint density at radius 3 is 2.69 bits per heavy atom. The molecule has 1 atom stereocenters. The molecule has 0 radical (unpaired) electrons. The molecule has 0 bridgehead atoms. The Balaban J connectivity index is 1.73. The number of fused-ring (bicyclic) bond motifs is 1. The van der Waals surface area contributed by atoms with Crippen molar-refractivity contribution in [3.05, 3.63) is 47.1 Å². The minimum absolute atomic E-state index is 0.00388. The monoisotopic (exact) mass is 378 g/mol. The Hall–Kier alpha value is -2.61. The number of carbonyl (C=O) groups excluding carboxylic acids is 2. The van der Waals surface area contributed by atoms with Gasteiger partial charge in [-0.05, 0) is 13.0 Å². The van der Waals surface area contributed by atoms with Gasteiger partial charge in [0.15, 0.2) is 9.84 Å². The third-order valence-corrected chi connectivity index (χ3v) is 5.43. The van der Waals surface area contributed by atoms with Crippen LogP contribution in [0, 0.1) is 5.92 Å². The summed E-state index contributed by atoms with van der Waals surface area (Å²) >= 11 is 0. The molecule has 0 unspecified atom stereocenters. The number of sulfone groups is 1. The van der Waals surface area contributed by atoms with Crippen molar-refractivity contribution < 1.29 is 31.9 Å². The molecular weight excluding hydrogens is 360 g/mol. The van der Waals surface area contributed by atoms with Crippen molar-refractivity contribution in [3.8, 4) is 0 Å². The first kappa shape index (κ1) is 18.2. The van der Waals surface area contributed by atoms with E-state index in [9.17, 15) is 18.0 Å². The molecule has 1 aliphatic rings. The van der Waals surface area contributed by atoms with Crippen molar-refractivity contribution in [1.29, 1.82) is 0 Å². The van der Waals surface area contributed by atoms with Crippen LogP contribution in [0.5, 0.6) is 0 Å². The number of allylic oxidation sites excluding steroid dienone is 1. The van der Waals surface area contributed by atoms with Crippen LogP contribution in [0.15, 0.2) is 40.2 Å². The quantitative estimate of drug-likeness (QED) is 0.712. The summed E-state index contributed by atoms with van der Waals surface area (Å²) in [6, 6.07) is 7.02. The van der Waals surface area contributed by atoms with Crippen molar-refractivity contribution >= 4 is 32.7 Å². The number of para-hydroxylation sites is 1. The highest BCUT2D eigenvalue weighted by Gasteiger charge is 2.26. The molecule has 0 saturated carbocycles. The largest absolute Gasteiger partial charge is 0.461 e. The Kier molecular flexibility index (Phi) is 5.13. The van der Waals surface area contributed by atoms with Crippen LogP contribution in [0.2, 0.25) is 0 Å². The Morgan fingerprint density at radius 1 is 1.23 bits per heavy atom. The van der Waals surface area contributed by atoms with E-state index in [1.165, 1.54) is 6.08 Å². The van der Waals surface area contributed by atoms with Crippen LogP contribution in [0.1, 0.15) is 29.5 Å². The molecule has 2 heterocycles. The lowest BCUT2D eigenvalue weighted by Crippen LogP contribution is -2.14. The van der Waals surface area contributed by atoms with Gasteiger partial charge in [0.05, 0.1) is 24.3 Å². The maximum atomic E-state index is 12.1. The molecule has 0 saturated heterocycles. The third-order valence-electron chi connectivity index (χ3n) is 3.97. The van der Waals surface area contributed by atoms with Crippen molar-refractivity contribution in [2.75, 3.05) is 12.4 Å². The summed E-state index contributed by atoms with van der Waals surface area (Å²) in [6.45, 7) is 1.72. The van der Waals surface area contributed by atoms with Crippen molar-refractivity contribution in [1.82, 2.24) is 0 Å². The van der Waals surface area contributed by atoms with Crippen molar-refractivity contribution in [2.45, 2.75) is 20.0 Å². The lowest BCUT2D eigenvalue weighted by atomic mass is 10.1. The molecule has 0 aliphatic carbocycles. The van der Waals surface area contributed by atoms with Gasteiger partial charge in [-0.15, -0.1) is 0 Å². The van der Waals surface area contributed by atoms with Gasteiger partial charge in [-0.3, -0.25) is 4.79 Å². The molecule has 1 aromatic carbocycles. The van der Waals surface area contributed by atoms with E-state index in [1.54, 1.807) is 31.2 Å². The highest BCUT2D eigenvalue weighted by Crippen LogP contribution is 2.28. The van der Waals surface area contributed by atoms with E-state index < -0.39 is 27.7 Å². The van der Waals surface area contributed by atoms with E-state index in [2.05, 4.69) is 0 Å². The number of hydrogen-bond donors (Lipinski definition) is 0. The number of rotatable bonds is 6. The number of benzene rings is 1. The van der Waals surface area contributed by atoms with Crippen LogP contribution < -0.4 is 0 Å². The van der Waals surface area contributed by atoms with Gasteiger partial charge in [0.25, 0.3) is 0 Å². The van der Waals surface area contributed by atoms with E-state index in [4.69, 9.17) is 13.9 Å². The van der Waals surface area contributed by atoms with E-state index in [0.29, 0.717) is 16.5 Å². The van der Waals surface area contributed by atoms with Gasteiger partial charge < -0.3 is 13.9 Å². The van der Waals surface area contributed by atoms with E-state index >= 15 is 0 Å². The number of carbonyl (C=O) groups is 2. The summed E-state index contributed by atoms with van der Waals surface area (Å²) in [5, 5.41) is 1.78. The smallest absolute Gasteiger partial charge is 0.374 e. The van der Waals surface area contributed by atoms with Crippen LogP contribution in [0.3, 0.4) is 0 Å². The van der Waals surface area contributed by atoms with Gasteiger partial charge in [0, 0.05) is 16.7 Å². The highest BCUT2D eigenvalue weighted by molar-refractivity contribution is 7.94. The molecule has 1 aliphatic heterocycles. The number of esters is 2. The molecule has 0 amide bonds. The zero-order valence-corrected chi connectivity index (χ0v) is 15.0. The third kappa shape index (κ3) is 3.96. The summed E-state index contributed by atoms with van der Waals surface area (Å²) in [4.78, 5) is 24.1. The Morgan fingerprint density at radius 2 is 2.00 bits per heavy atom. The fourth-order valence-electron chi connectivity index (χ4n) is 2.80. The molecule has 1 aromatic heterocycles. The van der Waals surface area contributed by atoms with E-state index in [0.717, 1.165) is 5.41 Å². The van der Waals surface area contributed by atoms with Crippen LogP contribution in [-0.2, 0) is 30.7 Å². The summed E-state index contributed by atoms with van der Waals surface area (Å²) in [7, 11) is -3.22. The zero-order valence-electron chi connectivity index (χ0n) is 14.1. The minimum Gasteiger partial charge on any atom is -0.461 e. The molecule has 138 valence electrons.